The number of furan rings is 3. The van der Waals surface area contributed by atoms with Gasteiger partial charge in [-0.05, 0) is 115 Å². The molecule has 0 radical (unpaired) electrons. The van der Waals surface area contributed by atoms with E-state index in [1.54, 1.807) is 113 Å². The maximum Gasteiger partial charge on any atom is 0.353 e. The summed E-state index contributed by atoms with van der Waals surface area (Å²) in [4.78, 5) is 135. The number of H-pyrrole nitrogens is 1. The molecule has 0 bridgehead atoms. The Morgan fingerprint density at radius 2 is 0.839 bits per heavy atom. The molecular weight excluding hydrogens is 1800 g/mol. The van der Waals surface area contributed by atoms with Gasteiger partial charge in [0.2, 0.25) is 0 Å². The maximum absolute atomic E-state index is 15.0. The molecule has 1 saturated carbocycles. The van der Waals surface area contributed by atoms with Crippen LogP contribution in [0.5, 0.6) is 5.75 Å². The van der Waals surface area contributed by atoms with E-state index in [0.29, 0.717) is 99.9 Å². The van der Waals surface area contributed by atoms with Crippen LogP contribution in [-0.4, -0.2) is 117 Å². The smallest absolute Gasteiger partial charge is 0.353 e. The number of aromatic amines is 1. The number of aromatic carboxylic acids is 4. The van der Waals surface area contributed by atoms with Crippen molar-refractivity contribution in [3.63, 3.8) is 0 Å². The molecule has 6 aliphatic rings. The van der Waals surface area contributed by atoms with Crippen molar-refractivity contribution >= 4 is 202 Å². The fraction of sp³-hybridized carbons (Fsp3) is 0.123. The van der Waals surface area contributed by atoms with Crippen LogP contribution < -0.4 is 10.3 Å². The number of carbonyl (C=O) groups excluding carboxylic acids is 4. The number of halogens is 5. The highest BCUT2D eigenvalue weighted by molar-refractivity contribution is 6.34. The van der Waals surface area contributed by atoms with E-state index in [9.17, 15) is 72.4 Å². The van der Waals surface area contributed by atoms with Crippen LogP contribution in [0.15, 0.2) is 261 Å². The third-order valence-corrected chi connectivity index (χ3v) is 25.9. The molecule has 7 aromatic carbocycles. The molecule has 137 heavy (non-hydrogen) atoms. The summed E-state index contributed by atoms with van der Waals surface area (Å²) in [6.45, 7) is 0.368. The number of pyridine rings is 3. The topological polar surface area (TPSA) is 370 Å². The first-order valence-electron chi connectivity index (χ1n) is 43.5. The number of carboxylic acids is 4. The molecule has 676 valence electrons. The van der Waals surface area contributed by atoms with E-state index in [0.717, 1.165) is 57.7 Å². The van der Waals surface area contributed by atoms with Gasteiger partial charge in [0.05, 0.1) is 134 Å². The van der Waals surface area contributed by atoms with Crippen LogP contribution in [-0.2, 0) is 51.8 Å². The molecule has 11 aromatic heterocycles. The molecule has 0 unspecified atom stereocenters. The molecular formula is C106H70Cl2F3N9O17. The van der Waals surface area contributed by atoms with Gasteiger partial charge in [0.25, 0.3) is 5.56 Å². The second-order valence-corrected chi connectivity index (χ2v) is 34.1. The summed E-state index contributed by atoms with van der Waals surface area (Å²) in [7, 11) is 0. The second-order valence-electron chi connectivity index (χ2n) is 33.4. The number of Topliss-reactive ketones (excluding diaryl/α,β-unsaturated/α-hetero) is 4. The Hall–Kier alpha value is -16.9. The molecule has 26 nitrogen and oxygen atoms in total. The van der Waals surface area contributed by atoms with Crippen LogP contribution in [0.1, 0.15) is 142 Å². The van der Waals surface area contributed by atoms with Crippen molar-refractivity contribution in [2.45, 2.75) is 77.0 Å². The molecule has 5 N–H and O–H groups in total. The van der Waals surface area contributed by atoms with Crippen molar-refractivity contribution in [1.82, 2.24) is 43.2 Å². The van der Waals surface area contributed by atoms with Gasteiger partial charge < -0.3 is 61.7 Å². The van der Waals surface area contributed by atoms with E-state index in [1.165, 1.54) is 58.1 Å². The number of allylic oxidation sites excluding steroid dienone is 16. The van der Waals surface area contributed by atoms with Gasteiger partial charge in [-0.1, -0.05) is 151 Å². The van der Waals surface area contributed by atoms with E-state index in [1.807, 2.05) is 91.0 Å². The van der Waals surface area contributed by atoms with Crippen LogP contribution in [0.4, 0.5) is 13.2 Å². The monoisotopic (exact) mass is 1870 g/mol. The predicted octanol–water partition coefficient (Wildman–Crippen LogP) is 21.7. The molecule has 1 aliphatic heterocycles. The largest absolute Gasteiger partial charge is 0.492 e. The molecule has 12 heterocycles. The molecule has 18 aromatic rings. The van der Waals surface area contributed by atoms with Gasteiger partial charge in [-0.15, -0.1) is 0 Å². The molecule has 0 atom stereocenters. The Bertz CT molecular complexity index is 8750. The lowest BCUT2D eigenvalue weighted by Gasteiger charge is -2.12. The van der Waals surface area contributed by atoms with Gasteiger partial charge in [-0.2, -0.15) is 0 Å². The van der Waals surface area contributed by atoms with E-state index >= 15 is 4.39 Å². The van der Waals surface area contributed by atoms with Gasteiger partial charge in [0.15, 0.2) is 23.1 Å². The maximum atomic E-state index is 15.0. The third kappa shape index (κ3) is 15.4. The first kappa shape index (κ1) is 86.8. The Morgan fingerprint density at radius 3 is 1.32 bits per heavy atom. The predicted molar refractivity (Wildman–Crippen MR) is 509 cm³/mol. The molecule has 0 saturated heterocycles. The zero-order chi connectivity index (χ0) is 94.6. The number of hydrogen-bond donors (Lipinski definition) is 5. The number of benzene rings is 7. The highest BCUT2D eigenvalue weighted by Gasteiger charge is 2.38. The Morgan fingerprint density at radius 1 is 0.416 bits per heavy atom. The summed E-state index contributed by atoms with van der Waals surface area (Å²) < 4.78 is 73.7. The van der Waals surface area contributed by atoms with Crippen molar-refractivity contribution in [3.8, 4) is 5.75 Å². The lowest BCUT2D eigenvalue weighted by Crippen LogP contribution is -2.20. The Labute approximate surface area is 780 Å². The zero-order valence-corrected chi connectivity index (χ0v) is 73.2. The summed E-state index contributed by atoms with van der Waals surface area (Å²) in [6.07, 6.45) is 27.8. The first-order valence-corrected chi connectivity index (χ1v) is 44.2. The summed E-state index contributed by atoms with van der Waals surface area (Å²) >= 11 is 13.1. The number of rotatable bonds is 17. The van der Waals surface area contributed by atoms with Gasteiger partial charge in [-0.25, -0.2) is 47.3 Å². The SMILES string of the molecule is O=C1CC=CC=C1c1c(C(=O)O)n(Cc2cc3ccccc3nc2Cl)c2ccc3c(c12)OCC3.O=C1CC=CC=C1c1c(C(=O)O)n(Cc2cc3ccccc3nc2Cl)c2ccc3ccoc3c12.O=C1CC=CC=C1c1c(C(=O)O)n(Cc2nc(C3CC3)ccc2F)c2cc(F)c3ccoc3c12.O=C1CC=CC=C1c1c(C(=O)O)n(Cc2nc3ccccc3[nH]c2=O)c2cc(F)c3ccoc3c12. The van der Waals surface area contributed by atoms with Crippen LogP contribution in [0, 0.1) is 17.5 Å². The second kappa shape index (κ2) is 34.9. The minimum Gasteiger partial charge on any atom is -0.492 e. The average Bonchev–Trinajstić information content (AvgIpc) is 1.45. The van der Waals surface area contributed by atoms with Crippen LogP contribution >= 0.6 is 23.2 Å². The fourth-order valence-electron chi connectivity index (χ4n) is 18.9. The Balaban J connectivity index is 0.000000109. The number of ether oxygens (including phenoxy) is 1. The van der Waals surface area contributed by atoms with E-state index in [-0.39, 0.29) is 176 Å². The van der Waals surface area contributed by atoms with Crippen molar-refractivity contribution in [3.05, 3.63) is 360 Å². The number of para-hydroxylation sites is 4. The van der Waals surface area contributed by atoms with Crippen molar-refractivity contribution in [2.75, 3.05) is 6.61 Å². The van der Waals surface area contributed by atoms with Crippen LogP contribution in [0.25, 0.3) is 132 Å². The number of fused-ring (bicyclic) bond motifs is 15. The van der Waals surface area contributed by atoms with Gasteiger partial charge in [-0.3, -0.25) is 29.0 Å². The lowest BCUT2D eigenvalue weighted by molar-refractivity contribution is -0.113. The minimum atomic E-state index is -1.34. The van der Waals surface area contributed by atoms with Gasteiger partial charge >= 0.3 is 23.9 Å². The standard InChI is InChI=1S/C27H19ClN2O4.C27H17ClN2O4.C26H18F2N2O4.C26H16FN3O5/c2*28-26-17(13-16-5-1-3-7-19(16)29-26)14-30-20-10-9-15-11-12-34-25(15)23(20)22(24(30)27(32)33)18-6-2-4-8-21(18)31;27-16-7-8-18(13-5-6-13)29-19(16)12-30-20-11-17(28)14-9-10-34-25(14)23(20)22(24(30)26(32)33)15-3-1-2-4-21(15)31;27-15-11-19-22(24-13(15)9-10-35-24)21(14-5-1-4-8-20(14)31)23(26(33)34)30(19)12-18-25(32)29-17-7-3-2-6-16(17)28-18/h1-7,9-10,13H,8,11-12,14H2,(H,32,33);1-7,9-13H,8,14H2,(H,32,33);1-3,7-11,13H,4-6,12H2,(H,32,33);1-7,9-11H,8,12H2,(H,29,32)(H,33,34). The number of aromatic nitrogens is 9. The molecule has 5 aliphatic carbocycles. The molecule has 31 heteroatoms. The zero-order valence-electron chi connectivity index (χ0n) is 71.7. The fourth-order valence-corrected chi connectivity index (χ4v) is 19.3. The molecule has 1 fully saturated rings. The number of hydrogen-bond acceptors (Lipinski definition) is 17. The lowest BCUT2D eigenvalue weighted by atomic mass is 9.92. The summed E-state index contributed by atoms with van der Waals surface area (Å²) in [5.41, 5.74) is 9.47. The number of carbonyl (C=O) groups is 8. The highest BCUT2D eigenvalue weighted by Crippen LogP contribution is 2.48. The average molecular weight is 1870 g/mol. The van der Waals surface area contributed by atoms with Crippen LogP contribution in [0.3, 0.4) is 0 Å². The first-order chi connectivity index (χ1) is 66.4. The van der Waals surface area contributed by atoms with Gasteiger partial charge in [0, 0.05) is 116 Å². The number of nitrogens with one attached hydrogen (secondary N) is 1. The molecule has 0 spiro atoms. The summed E-state index contributed by atoms with van der Waals surface area (Å²) in [6, 6.07) is 43.7. The Kier molecular flexibility index (Phi) is 22.1. The van der Waals surface area contributed by atoms with E-state index in [2.05, 4.69) is 24.9 Å². The van der Waals surface area contributed by atoms with E-state index in [4.69, 9.17) is 41.2 Å². The highest BCUT2D eigenvalue weighted by atomic mass is 35.5. The quantitative estimate of drug-likeness (QED) is 0.0529. The number of carboxylic acid groups (broad SMARTS) is 4. The van der Waals surface area contributed by atoms with Crippen LogP contribution in [0.2, 0.25) is 10.3 Å². The number of ketones is 4. The summed E-state index contributed by atoms with van der Waals surface area (Å²) in [5.74, 6) is -6.62. The normalized spacial score (nSPS) is 14.6. The van der Waals surface area contributed by atoms with E-state index < -0.39 is 46.9 Å². The number of nitrogens with zero attached hydrogens (tertiary/aromatic N) is 8. The third-order valence-electron chi connectivity index (χ3n) is 25.2. The molecule has 0 amide bonds. The minimum absolute atomic E-state index is 0.0121. The van der Waals surface area contributed by atoms with Crippen molar-refractivity contribution in [1.29, 1.82) is 0 Å². The van der Waals surface area contributed by atoms with Crippen molar-refractivity contribution < 1.29 is 89.9 Å². The summed E-state index contributed by atoms with van der Waals surface area (Å²) in [5, 5.41) is 46.6. The van der Waals surface area contributed by atoms with Crippen molar-refractivity contribution in [2.24, 2.45) is 0 Å². The van der Waals surface area contributed by atoms with Gasteiger partial charge in [0.1, 0.15) is 78.7 Å². The molecule has 24 rings (SSSR count).